The Kier molecular flexibility index (Phi) is 5.45. The largest absolute Gasteiger partial charge is 0.481 e. The number of aromatic nitrogens is 1. The van der Waals surface area contributed by atoms with Crippen LogP contribution in [0, 0.1) is 0 Å². The zero-order chi connectivity index (χ0) is 15.1. The van der Waals surface area contributed by atoms with Crippen LogP contribution in [0.5, 0.6) is 5.75 Å². The fourth-order valence-corrected chi connectivity index (χ4v) is 1.89. The number of nitrogens with one attached hydrogen (secondary N) is 1. The lowest BCUT2D eigenvalue weighted by Gasteiger charge is -2.12. The Balaban J connectivity index is 1.87. The molecule has 21 heavy (non-hydrogen) atoms. The van der Waals surface area contributed by atoms with Gasteiger partial charge in [0, 0.05) is 22.4 Å². The summed E-state index contributed by atoms with van der Waals surface area (Å²) in [7, 11) is 0. The molecule has 6 heteroatoms. The molecule has 5 nitrogen and oxygen atoms in total. The predicted octanol–water partition coefficient (Wildman–Crippen LogP) is 2.76. The van der Waals surface area contributed by atoms with Gasteiger partial charge < -0.3 is 4.74 Å². The van der Waals surface area contributed by atoms with Crippen LogP contribution in [-0.2, 0) is 4.79 Å². The maximum absolute atomic E-state index is 11.8. The highest BCUT2D eigenvalue weighted by Crippen LogP contribution is 2.18. The summed E-state index contributed by atoms with van der Waals surface area (Å²) in [4.78, 5) is 15.8. The summed E-state index contributed by atoms with van der Waals surface area (Å²) in [6.45, 7) is 1.66. The van der Waals surface area contributed by atoms with E-state index in [0.29, 0.717) is 5.75 Å². The quantitative estimate of drug-likeness (QED) is 0.668. The number of hydrogen-bond donors (Lipinski definition) is 1. The molecule has 108 valence electrons. The number of amides is 1. The molecule has 1 N–H and O–H groups in total. The van der Waals surface area contributed by atoms with Crippen LogP contribution in [0.4, 0.5) is 0 Å². The van der Waals surface area contributed by atoms with Gasteiger partial charge in [-0.05, 0) is 31.2 Å². The number of carbonyl (C=O) groups is 1. The summed E-state index contributed by atoms with van der Waals surface area (Å²) in [5.41, 5.74) is 3.24. The van der Waals surface area contributed by atoms with Gasteiger partial charge in [0.15, 0.2) is 6.10 Å². The maximum Gasteiger partial charge on any atom is 0.280 e. The van der Waals surface area contributed by atoms with Crippen LogP contribution in [-0.4, -0.2) is 23.2 Å². The maximum atomic E-state index is 11.8. The number of pyridine rings is 1. The van der Waals surface area contributed by atoms with Crippen molar-refractivity contribution in [1.29, 1.82) is 0 Å². The second kappa shape index (κ2) is 7.54. The Morgan fingerprint density at radius 2 is 2.29 bits per heavy atom. The van der Waals surface area contributed by atoms with Gasteiger partial charge in [-0.1, -0.05) is 28.1 Å². The average molecular weight is 348 g/mol. The zero-order valence-electron chi connectivity index (χ0n) is 11.4. The third-order valence-corrected chi connectivity index (χ3v) is 3.04. The minimum Gasteiger partial charge on any atom is -0.481 e. The minimum atomic E-state index is -0.648. The van der Waals surface area contributed by atoms with E-state index in [1.807, 2.05) is 18.2 Å². The molecule has 1 aromatic heterocycles. The van der Waals surface area contributed by atoms with Crippen molar-refractivity contribution in [2.75, 3.05) is 0 Å². The highest BCUT2D eigenvalue weighted by Gasteiger charge is 2.13. The second-order valence-corrected chi connectivity index (χ2v) is 5.15. The number of ether oxygens (including phenoxy) is 1. The predicted molar refractivity (Wildman–Crippen MR) is 84.2 cm³/mol. The summed E-state index contributed by atoms with van der Waals surface area (Å²) in [6, 6.07) is 10.9. The molecule has 2 rings (SSSR count). The lowest BCUT2D eigenvalue weighted by atomic mass is 10.3. The fraction of sp³-hybridized carbons (Fsp3) is 0.133. The lowest BCUT2D eigenvalue weighted by Crippen LogP contribution is -2.33. The van der Waals surface area contributed by atoms with Crippen molar-refractivity contribution in [3.05, 3.63) is 58.8 Å². The zero-order valence-corrected chi connectivity index (χ0v) is 12.9. The average Bonchev–Trinajstić information content (AvgIpc) is 2.48. The molecule has 0 saturated heterocycles. The van der Waals surface area contributed by atoms with Crippen molar-refractivity contribution in [2.24, 2.45) is 5.10 Å². The monoisotopic (exact) mass is 347 g/mol. The van der Waals surface area contributed by atoms with E-state index in [9.17, 15) is 4.79 Å². The van der Waals surface area contributed by atoms with Gasteiger partial charge in [0.25, 0.3) is 5.91 Å². The normalized spacial score (nSPS) is 12.1. The Labute approximate surface area is 131 Å². The number of hydrogen-bond acceptors (Lipinski definition) is 4. The molecule has 0 aliphatic heterocycles. The van der Waals surface area contributed by atoms with E-state index < -0.39 is 6.10 Å². The van der Waals surface area contributed by atoms with E-state index >= 15 is 0 Å². The van der Waals surface area contributed by atoms with Gasteiger partial charge in [-0.25, -0.2) is 5.43 Å². The first-order valence-corrected chi connectivity index (χ1v) is 7.09. The molecule has 0 radical (unpaired) electrons. The Bertz CT molecular complexity index is 632. The molecule has 0 bridgehead atoms. The van der Waals surface area contributed by atoms with E-state index in [-0.39, 0.29) is 5.91 Å². The van der Waals surface area contributed by atoms with Crippen molar-refractivity contribution < 1.29 is 9.53 Å². The van der Waals surface area contributed by atoms with Crippen LogP contribution in [0.15, 0.2) is 58.4 Å². The SMILES string of the molecule is C[C@@H](Oc1cccc(Br)c1)C(=O)N/N=C\c1cccnc1. The molecule has 1 heterocycles. The first kappa shape index (κ1) is 15.2. The standard InChI is InChI=1S/C15H14BrN3O2/c1-11(21-14-6-2-5-13(16)8-14)15(20)19-18-10-12-4-3-7-17-9-12/h2-11H,1H3,(H,19,20)/b18-10-/t11-/m1/s1. The molecule has 0 spiro atoms. The Hall–Kier alpha value is -2.21. The molecule has 0 fully saturated rings. The molecule has 0 aliphatic carbocycles. The van der Waals surface area contributed by atoms with Crippen LogP contribution in [0.3, 0.4) is 0 Å². The van der Waals surface area contributed by atoms with E-state index in [1.165, 1.54) is 6.21 Å². The molecule has 0 aliphatic rings. The first-order valence-electron chi connectivity index (χ1n) is 6.30. The molecule has 1 atom stereocenters. The summed E-state index contributed by atoms with van der Waals surface area (Å²) < 4.78 is 6.42. The van der Waals surface area contributed by atoms with Crippen molar-refractivity contribution in [2.45, 2.75) is 13.0 Å². The lowest BCUT2D eigenvalue weighted by molar-refractivity contribution is -0.127. The Morgan fingerprint density at radius 3 is 3.00 bits per heavy atom. The number of rotatable bonds is 5. The van der Waals surface area contributed by atoms with Crippen molar-refractivity contribution in [1.82, 2.24) is 10.4 Å². The molecular weight excluding hydrogens is 334 g/mol. The molecule has 1 aromatic carbocycles. The van der Waals surface area contributed by atoms with Crippen LogP contribution < -0.4 is 10.2 Å². The van der Waals surface area contributed by atoms with E-state index in [4.69, 9.17) is 4.74 Å². The molecular formula is C15H14BrN3O2. The van der Waals surface area contributed by atoms with Crippen molar-refractivity contribution in [3.8, 4) is 5.75 Å². The van der Waals surface area contributed by atoms with Gasteiger partial charge in [-0.2, -0.15) is 5.10 Å². The van der Waals surface area contributed by atoms with Gasteiger partial charge in [0.05, 0.1) is 6.21 Å². The molecule has 0 saturated carbocycles. The Morgan fingerprint density at radius 1 is 1.43 bits per heavy atom. The highest BCUT2D eigenvalue weighted by atomic mass is 79.9. The number of benzene rings is 1. The second-order valence-electron chi connectivity index (χ2n) is 4.24. The first-order chi connectivity index (χ1) is 10.1. The summed E-state index contributed by atoms with van der Waals surface area (Å²) >= 11 is 3.35. The van der Waals surface area contributed by atoms with Crippen LogP contribution in [0.25, 0.3) is 0 Å². The van der Waals surface area contributed by atoms with E-state index in [2.05, 4.69) is 31.4 Å². The molecule has 0 unspecified atom stereocenters. The number of halogens is 1. The van der Waals surface area contributed by atoms with Gasteiger partial charge >= 0.3 is 0 Å². The highest BCUT2D eigenvalue weighted by molar-refractivity contribution is 9.10. The summed E-state index contributed by atoms with van der Waals surface area (Å²) in [6.07, 6.45) is 4.20. The number of carbonyl (C=O) groups excluding carboxylic acids is 1. The van der Waals surface area contributed by atoms with Crippen LogP contribution in [0.2, 0.25) is 0 Å². The van der Waals surface area contributed by atoms with Crippen molar-refractivity contribution >= 4 is 28.1 Å². The van der Waals surface area contributed by atoms with E-state index in [1.54, 1.807) is 37.5 Å². The van der Waals surface area contributed by atoms with E-state index in [0.717, 1.165) is 10.0 Å². The van der Waals surface area contributed by atoms with Gasteiger partial charge in [0.2, 0.25) is 0 Å². The third kappa shape index (κ3) is 5.00. The van der Waals surface area contributed by atoms with Gasteiger partial charge in [-0.15, -0.1) is 0 Å². The summed E-state index contributed by atoms with van der Waals surface area (Å²) in [5.74, 6) is 0.290. The topological polar surface area (TPSA) is 63.6 Å². The molecule has 1 amide bonds. The fourth-order valence-electron chi connectivity index (χ4n) is 1.51. The van der Waals surface area contributed by atoms with Gasteiger partial charge in [-0.3, -0.25) is 9.78 Å². The molecule has 2 aromatic rings. The van der Waals surface area contributed by atoms with Gasteiger partial charge in [0.1, 0.15) is 5.75 Å². The van der Waals surface area contributed by atoms with Crippen LogP contribution in [0.1, 0.15) is 12.5 Å². The third-order valence-electron chi connectivity index (χ3n) is 2.55. The van der Waals surface area contributed by atoms with Crippen LogP contribution >= 0.6 is 15.9 Å². The minimum absolute atomic E-state index is 0.324. The summed E-state index contributed by atoms with van der Waals surface area (Å²) in [5, 5.41) is 3.87. The number of nitrogens with zero attached hydrogens (tertiary/aromatic N) is 2. The van der Waals surface area contributed by atoms with Crippen molar-refractivity contribution in [3.63, 3.8) is 0 Å². The number of hydrazone groups is 1. The smallest absolute Gasteiger partial charge is 0.280 e.